The molecule has 0 saturated heterocycles. The second-order valence-electron chi connectivity index (χ2n) is 15.1. The smallest absolute Gasteiger partial charge is 0.295 e. The molecular weight excluding hydrogens is 905 g/mol. The van der Waals surface area contributed by atoms with Crippen LogP contribution < -0.4 is 30.2 Å². The molecule has 0 aliphatic heterocycles. The Morgan fingerprint density at radius 3 is 0.912 bits per heavy atom. The Kier molecular flexibility index (Phi) is 13.4. The zero-order valence-corrected chi connectivity index (χ0v) is 38.6. The van der Waals surface area contributed by atoms with E-state index in [4.69, 9.17) is 9.97 Å². The predicted molar refractivity (Wildman–Crippen MR) is 266 cm³/mol. The molecule has 0 amide bonds. The van der Waals surface area contributed by atoms with Crippen LogP contribution in [0.25, 0.3) is 12.2 Å². The second kappa shape index (κ2) is 19.7. The molecule has 2 aromatic heterocycles. The van der Waals surface area contributed by atoms with Gasteiger partial charge in [0.05, 0.1) is 0 Å². The van der Waals surface area contributed by atoms with Crippen molar-refractivity contribution in [2.45, 2.75) is 9.79 Å². The van der Waals surface area contributed by atoms with E-state index in [9.17, 15) is 25.9 Å². The minimum atomic E-state index is -4.87. The first-order valence-corrected chi connectivity index (χ1v) is 23.6. The van der Waals surface area contributed by atoms with Gasteiger partial charge in [0.2, 0.25) is 35.7 Å². The minimum absolute atomic E-state index is 0.00139. The number of aromatic nitrogens is 6. The number of nitrogens with zero attached hydrogens (tertiary/aromatic N) is 10. The number of hydrogen-bond acceptors (Lipinski definition) is 16. The van der Waals surface area contributed by atoms with Gasteiger partial charge in [-0.2, -0.15) is 46.7 Å². The van der Waals surface area contributed by atoms with Gasteiger partial charge in [-0.25, -0.2) is 0 Å². The monoisotopic (exact) mass is 948 g/mol. The van der Waals surface area contributed by atoms with E-state index in [0.717, 1.165) is 22.7 Å². The molecule has 20 heteroatoms. The van der Waals surface area contributed by atoms with Gasteiger partial charge in [0.15, 0.2) is 0 Å². The van der Waals surface area contributed by atoms with Crippen LogP contribution in [-0.4, -0.2) is 84.0 Å². The van der Waals surface area contributed by atoms with Gasteiger partial charge in [0.25, 0.3) is 20.2 Å². The number of benzene rings is 6. The van der Waals surface area contributed by atoms with Gasteiger partial charge < -0.3 is 30.2 Å². The molecule has 344 valence electrons. The third kappa shape index (κ3) is 10.9. The Hall–Kier alpha value is -8.30. The molecule has 8 aromatic rings. The fraction of sp³-hybridized carbons (Fsp3) is 0.0833. The summed E-state index contributed by atoms with van der Waals surface area (Å²) in [5.74, 6) is 1.28. The molecule has 0 fully saturated rings. The lowest BCUT2D eigenvalue weighted by Gasteiger charge is -2.22. The molecule has 0 saturated carbocycles. The zero-order chi connectivity index (χ0) is 48.0. The summed E-state index contributed by atoms with van der Waals surface area (Å²) in [6, 6.07) is 46.1. The lowest BCUT2D eigenvalue weighted by Crippen LogP contribution is -2.19. The number of anilines is 12. The molecule has 0 aliphatic rings. The first kappa shape index (κ1) is 46.2. The highest BCUT2D eigenvalue weighted by atomic mass is 32.2. The van der Waals surface area contributed by atoms with E-state index in [-0.39, 0.29) is 58.2 Å². The van der Waals surface area contributed by atoms with Crippen LogP contribution in [0.4, 0.5) is 69.8 Å². The van der Waals surface area contributed by atoms with Crippen LogP contribution >= 0.6 is 0 Å². The predicted octanol–water partition coefficient (Wildman–Crippen LogP) is 9.28. The maximum absolute atomic E-state index is 12.9. The van der Waals surface area contributed by atoms with Gasteiger partial charge in [-0.15, -0.1) is 0 Å². The zero-order valence-electron chi connectivity index (χ0n) is 37.0. The van der Waals surface area contributed by atoms with Crippen molar-refractivity contribution in [2.24, 2.45) is 0 Å². The largest absolute Gasteiger partial charge is 0.324 e. The van der Waals surface area contributed by atoms with Crippen molar-refractivity contribution in [3.63, 3.8) is 0 Å². The summed E-state index contributed by atoms with van der Waals surface area (Å²) in [6.07, 6.45) is 2.60. The normalized spacial score (nSPS) is 11.6. The molecule has 4 N–H and O–H groups in total. The van der Waals surface area contributed by atoms with Crippen molar-refractivity contribution < 1.29 is 25.9 Å². The quantitative estimate of drug-likeness (QED) is 0.0523. The van der Waals surface area contributed by atoms with E-state index in [1.807, 2.05) is 121 Å². The van der Waals surface area contributed by atoms with Crippen LogP contribution in [0.2, 0.25) is 0 Å². The molecular formula is C48H44N12O6S2. The van der Waals surface area contributed by atoms with Crippen LogP contribution in [0.3, 0.4) is 0 Å². The van der Waals surface area contributed by atoms with Crippen molar-refractivity contribution in [1.82, 2.24) is 29.9 Å². The molecule has 2 heterocycles. The molecule has 6 aromatic carbocycles. The SMILES string of the molecule is CN(c1ccccc1)c1nc(Nc2ccc(C=Cc3ccc(Nc4nc(N(C)c5ccccc5)nc(N(C)c5ccccc5)n4)cc3S(=O)(=O)O)c(S(=O)(=O)O)c2)nc(N(C)c2ccccc2)n1. The van der Waals surface area contributed by atoms with E-state index in [2.05, 4.69) is 30.6 Å². The Labute approximate surface area is 393 Å². The van der Waals surface area contributed by atoms with E-state index in [1.165, 1.54) is 48.6 Å². The molecule has 18 nitrogen and oxygen atoms in total. The van der Waals surface area contributed by atoms with E-state index >= 15 is 0 Å². The summed E-state index contributed by atoms with van der Waals surface area (Å²) in [5.41, 5.74) is 3.61. The lowest BCUT2D eigenvalue weighted by molar-refractivity contribution is 0.480. The van der Waals surface area contributed by atoms with E-state index < -0.39 is 30.0 Å². The van der Waals surface area contributed by atoms with Gasteiger partial charge in [-0.1, -0.05) is 97.1 Å². The summed E-state index contributed by atoms with van der Waals surface area (Å²) >= 11 is 0. The number of nitrogens with one attached hydrogen (secondary N) is 2. The average molecular weight is 949 g/mol. The van der Waals surface area contributed by atoms with Crippen molar-refractivity contribution >= 4 is 102 Å². The summed E-state index contributed by atoms with van der Waals surface area (Å²) in [5, 5.41) is 6.10. The van der Waals surface area contributed by atoms with Gasteiger partial charge >= 0.3 is 0 Å². The molecule has 8 rings (SSSR count). The fourth-order valence-corrected chi connectivity index (χ4v) is 8.29. The second-order valence-corrected chi connectivity index (χ2v) is 17.9. The highest BCUT2D eigenvalue weighted by Gasteiger charge is 2.21. The summed E-state index contributed by atoms with van der Waals surface area (Å²) in [7, 11) is -2.53. The molecule has 0 aliphatic carbocycles. The maximum atomic E-state index is 12.9. The van der Waals surface area contributed by atoms with Gasteiger partial charge in [-0.05, 0) is 83.9 Å². The van der Waals surface area contributed by atoms with Crippen LogP contribution in [-0.2, 0) is 20.2 Å². The Balaban J connectivity index is 1.10. The highest BCUT2D eigenvalue weighted by molar-refractivity contribution is 7.86. The van der Waals surface area contributed by atoms with Crippen LogP contribution in [0, 0.1) is 0 Å². The van der Waals surface area contributed by atoms with E-state index in [1.54, 1.807) is 47.8 Å². The van der Waals surface area contributed by atoms with Gasteiger partial charge in [0, 0.05) is 62.3 Å². The highest BCUT2D eigenvalue weighted by Crippen LogP contribution is 2.32. The standard InChI is InChI=1S/C48H44N12O6S2/c1-57(37-17-9-5-10-18-37)45-51-43(52-46(55-45)58(2)38-19-11-6-12-20-38)49-35-29-27-33(41(31-35)67(61,62)63)25-26-34-28-30-36(32-42(34)68(64,65)66)50-44-53-47(59(3)39-21-13-7-14-22-39)56-48(54-44)60(4)40-23-15-8-16-24-40/h5-32H,1-4H3,(H,61,62,63)(H,64,65,66)(H,49,51,52,55)(H,50,53,54,56). The first-order valence-electron chi connectivity index (χ1n) is 20.7. The van der Waals surface area contributed by atoms with Crippen LogP contribution in [0.1, 0.15) is 11.1 Å². The van der Waals surface area contributed by atoms with E-state index in [0.29, 0.717) is 0 Å². The molecule has 0 spiro atoms. The summed E-state index contributed by atoms with van der Waals surface area (Å²) < 4.78 is 72.4. The Morgan fingerprint density at radius 1 is 0.397 bits per heavy atom. The molecule has 0 atom stereocenters. The van der Waals surface area contributed by atoms with Crippen LogP contribution in [0.15, 0.2) is 168 Å². The summed E-state index contributed by atoms with van der Waals surface area (Å²) in [6.45, 7) is 0. The first-order chi connectivity index (χ1) is 32.6. The number of para-hydroxylation sites is 4. The maximum Gasteiger partial charge on any atom is 0.295 e. The number of rotatable bonds is 16. The Bertz CT molecular complexity index is 2970. The molecule has 0 unspecified atom stereocenters. The minimum Gasteiger partial charge on any atom is -0.324 e. The Morgan fingerprint density at radius 2 is 0.662 bits per heavy atom. The topological polar surface area (TPSA) is 223 Å². The van der Waals surface area contributed by atoms with Gasteiger partial charge in [-0.3, -0.25) is 9.11 Å². The molecule has 0 radical (unpaired) electrons. The van der Waals surface area contributed by atoms with Crippen molar-refractivity contribution in [3.8, 4) is 0 Å². The molecule has 0 bridgehead atoms. The summed E-state index contributed by atoms with van der Waals surface area (Å²) in [4.78, 5) is 34.0. The third-order valence-corrected chi connectivity index (χ3v) is 12.4. The van der Waals surface area contributed by atoms with Crippen LogP contribution in [0.5, 0.6) is 0 Å². The lowest BCUT2D eigenvalue weighted by atomic mass is 10.1. The third-order valence-electron chi connectivity index (χ3n) is 10.5. The number of hydrogen-bond donors (Lipinski definition) is 4. The van der Waals surface area contributed by atoms with Gasteiger partial charge in [0.1, 0.15) is 9.79 Å². The average Bonchev–Trinajstić information content (AvgIpc) is 3.35. The van der Waals surface area contributed by atoms with Crippen molar-refractivity contribution in [3.05, 3.63) is 169 Å². The fourth-order valence-electron chi connectivity index (χ4n) is 6.87. The molecule has 68 heavy (non-hydrogen) atoms. The van der Waals surface area contributed by atoms with Crippen molar-refractivity contribution in [2.75, 3.05) is 58.4 Å². The van der Waals surface area contributed by atoms with Crippen molar-refractivity contribution in [1.29, 1.82) is 0 Å².